The minimum absolute atomic E-state index is 0.185. The third-order valence-electron chi connectivity index (χ3n) is 4.68. The predicted molar refractivity (Wildman–Crippen MR) is 101 cm³/mol. The molecule has 2 amide bonds. The van der Waals surface area contributed by atoms with Crippen LogP contribution in [-0.2, 0) is 0 Å². The summed E-state index contributed by atoms with van der Waals surface area (Å²) in [6, 6.07) is 5.71. The van der Waals surface area contributed by atoms with E-state index in [1.807, 2.05) is 19.1 Å². The molecule has 1 atom stereocenters. The molecular weight excluding hydrogens is 324 g/mol. The lowest BCUT2D eigenvalue weighted by molar-refractivity contribution is 0.0890. The molecule has 2 N–H and O–H groups in total. The Bertz CT molecular complexity index is 556. The molecule has 1 aliphatic rings. The Balaban J connectivity index is 1.86. The van der Waals surface area contributed by atoms with Gasteiger partial charge in [-0.3, -0.25) is 4.90 Å². The second-order valence-corrected chi connectivity index (χ2v) is 7.36. The lowest BCUT2D eigenvalue weighted by Crippen LogP contribution is -2.54. The van der Waals surface area contributed by atoms with Gasteiger partial charge in [-0.25, -0.2) is 4.79 Å². The van der Waals surface area contributed by atoms with Gasteiger partial charge in [0, 0.05) is 49.5 Å². The Morgan fingerprint density at radius 1 is 1.25 bits per heavy atom. The van der Waals surface area contributed by atoms with Crippen molar-refractivity contribution in [1.29, 1.82) is 0 Å². The van der Waals surface area contributed by atoms with E-state index in [1.54, 1.807) is 6.07 Å². The topological polar surface area (TPSA) is 47.6 Å². The van der Waals surface area contributed by atoms with E-state index < -0.39 is 0 Å². The van der Waals surface area contributed by atoms with Crippen molar-refractivity contribution in [1.82, 2.24) is 15.1 Å². The Kier molecular flexibility index (Phi) is 6.90. The van der Waals surface area contributed by atoms with Gasteiger partial charge in [-0.2, -0.15) is 0 Å². The van der Waals surface area contributed by atoms with Gasteiger partial charge in [0.2, 0.25) is 0 Å². The first kappa shape index (κ1) is 19.0. The first-order valence-electron chi connectivity index (χ1n) is 8.60. The molecule has 0 radical (unpaired) electrons. The van der Waals surface area contributed by atoms with Crippen LogP contribution in [0.3, 0.4) is 0 Å². The maximum Gasteiger partial charge on any atom is 0.319 e. The van der Waals surface area contributed by atoms with Crippen LogP contribution >= 0.6 is 11.6 Å². The average Bonchev–Trinajstić information content (AvgIpc) is 2.52. The quantitative estimate of drug-likeness (QED) is 0.856. The summed E-state index contributed by atoms with van der Waals surface area (Å²) in [7, 11) is 2.15. The molecule has 24 heavy (non-hydrogen) atoms. The van der Waals surface area contributed by atoms with Gasteiger partial charge >= 0.3 is 6.03 Å². The summed E-state index contributed by atoms with van der Waals surface area (Å²) in [6.45, 7) is 11.3. The van der Waals surface area contributed by atoms with Crippen LogP contribution in [-0.4, -0.2) is 61.6 Å². The van der Waals surface area contributed by atoms with Crippen LogP contribution in [0.5, 0.6) is 0 Å². The van der Waals surface area contributed by atoms with Gasteiger partial charge in [-0.05, 0) is 37.6 Å². The zero-order valence-corrected chi connectivity index (χ0v) is 15.9. The number of likely N-dealkylation sites (N-methyl/N-ethyl adjacent to an activating group) is 1. The summed E-state index contributed by atoms with van der Waals surface area (Å²) in [4.78, 5) is 17.0. The number of hydrogen-bond donors (Lipinski definition) is 2. The Hall–Kier alpha value is -1.30. The first-order chi connectivity index (χ1) is 11.4. The van der Waals surface area contributed by atoms with Crippen molar-refractivity contribution in [2.75, 3.05) is 45.1 Å². The third-order valence-corrected chi connectivity index (χ3v) is 5.09. The predicted octanol–water partition coefficient (Wildman–Crippen LogP) is 3.04. The molecule has 0 spiro atoms. The van der Waals surface area contributed by atoms with Crippen molar-refractivity contribution >= 4 is 23.3 Å². The summed E-state index contributed by atoms with van der Waals surface area (Å²) in [5.74, 6) is 0.488. The molecule has 1 heterocycles. The number of piperazine rings is 1. The van der Waals surface area contributed by atoms with Crippen molar-refractivity contribution in [2.24, 2.45) is 5.92 Å². The highest BCUT2D eigenvalue weighted by Crippen LogP contribution is 2.20. The van der Waals surface area contributed by atoms with Crippen molar-refractivity contribution in [2.45, 2.75) is 26.8 Å². The van der Waals surface area contributed by atoms with Crippen LogP contribution in [0.4, 0.5) is 10.5 Å². The van der Waals surface area contributed by atoms with Gasteiger partial charge in [0.05, 0.1) is 0 Å². The number of nitrogens with one attached hydrogen (secondary N) is 2. The van der Waals surface area contributed by atoms with E-state index in [0.29, 0.717) is 29.2 Å². The van der Waals surface area contributed by atoms with Gasteiger partial charge in [0.1, 0.15) is 0 Å². The van der Waals surface area contributed by atoms with E-state index in [1.165, 1.54) is 0 Å². The second kappa shape index (κ2) is 8.70. The van der Waals surface area contributed by atoms with Crippen molar-refractivity contribution in [3.05, 3.63) is 28.8 Å². The number of benzene rings is 1. The smallest absolute Gasteiger partial charge is 0.319 e. The van der Waals surface area contributed by atoms with Gasteiger partial charge in [0.25, 0.3) is 0 Å². The zero-order chi connectivity index (χ0) is 17.7. The van der Waals surface area contributed by atoms with Crippen LogP contribution in [0.2, 0.25) is 5.02 Å². The second-order valence-electron chi connectivity index (χ2n) is 6.95. The van der Waals surface area contributed by atoms with E-state index in [-0.39, 0.29) is 6.03 Å². The lowest BCUT2D eigenvalue weighted by atomic mass is 10.0. The van der Waals surface area contributed by atoms with Gasteiger partial charge in [-0.1, -0.05) is 31.5 Å². The summed E-state index contributed by atoms with van der Waals surface area (Å²) >= 11 is 6.10. The van der Waals surface area contributed by atoms with Crippen LogP contribution in [0.15, 0.2) is 18.2 Å². The van der Waals surface area contributed by atoms with Crippen LogP contribution in [0.25, 0.3) is 0 Å². The minimum atomic E-state index is -0.185. The summed E-state index contributed by atoms with van der Waals surface area (Å²) in [6.07, 6.45) is 0. The first-order valence-corrected chi connectivity index (χ1v) is 8.98. The highest BCUT2D eigenvalue weighted by Gasteiger charge is 2.25. The molecule has 1 saturated heterocycles. The van der Waals surface area contributed by atoms with E-state index in [2.05, 4.69) is 41.3 Å². The molecule has 0 bridgehead atoms. The molecule has 0 aromatic heterocycles. The van der Waals surface area contributed by atoms with E-state index in [4.69, 9.17) is 11.6 Å². The molecule has 2 rings (SSSR count). The van der Waals surface area contributed by atoms with Gasteiger partial charge in [0.15, 0.2) is 0 Å². The number of amides is 2. The molecule has 1 aromatic carbocycles. The number of anilines is 1. The lowest BCUT2D eigenvalue weighted by Gasteiger charge is -2.39. The molecule has 5 nitrogen and oxygen atoms in total. The Morgan fingerprint density at radius 3 is 2.50 bits per heavy atom. The standard InChI is InChI=1S/C18H29ClN4O/c1-13(2)17(23-9-7-22(4)8-10-23)12-20-18(24)21-15-6-5-14(3)16(19)11-15/h5-6,11,13,17H,7-10,12H2,1-4H3,(H2,20,21,24)/t17-/m1/s1. The fraction of sp³-hybridized carbons (Fsp3) is 0.611. The number of urea groups is 1. The van der Waals surface area contributed by atoms with E-state index in [0.717, 1.165) is 31.7 Å². The SMILES string of the molecule is Cc1ccc(NC(=O)NC[C@H](C(C)C)N2CCN(C)CC2)cc1Cl. The summed E-state index contributed by atoms with van der Waals surface area (Å²) in [5, 5.41) is 6.52. The average molecular weight is 353 g/mol. The Morgan fingerprint density at radius 2 is 1.92 bits per heavy atom. The monoisotopic (exact) mass is 352 g/mol. The zero-order valence-electron chi connectivity index (χ0n) is 15.1. The fourth-order valence-electron chi connectivity index (χ4n) is 2.98. The molecule has 0 aliphatic carbocycles. The number of hydrogen-bond acceptors (Lipinski definition) is 3. The van der Waals surface area contributed by atoms with Gasteiger partial charge < -0.3 is 15.5 Å². The van der Waals surface area contributed by atoms with Crippen LogP contribution < -0.4 is 10.6 Å². The number of carbonyl (C=O) groups excluding carboxylic acids is 1. The van der Waals surface area contributed by atoms with Crippen LogP contribution in [0.1, 0.15) is 19.4 Å². The third kappa shape index (κ3) is 5.36. The summed E-state index contributed by atoms with van der Waals surface area (Å²) < 4.78 is 0. The molecule has 1 fully saturated rings. The number of nitrogens with zero attached hydrogens (tertiary/aromatic N) is 2. The molecular formula is C18H29ClN4O. The molecule has 6 heteroatoms. The summed E-state index contributed by atoms with van der Waals surface area (Å²) in [5.41, 5.74) is 1.71. The number of aryl methyl sites for hydroxylation is 1. The number of rotatable bonds is 5. The largest absolute Gasteiger partial charge is 0.336 e. The minimum Gasteiger partial charge on any atom is -0.336 e. The fourth-order valence-corrected chi connectivity index (χ4v) is 3.16. The van der Waals surface area contributed by atoms with Crippen molar-refractivity contribution < 1.29 is 4.79 Å². The molecule has 0 saturated carbocycles. The maximum absolute atomic E-state index is 12.2. The maximum atomic E-state index is 12.2. The van der Waals surface area contributed by atoms with E-state index >= 15 is 0 Å². The van der Waals surface area contributed by atoms with E-state index in [9.17, 15) is 4.79 Å². The highest BCUT2D eigenvalue weighted by atomic mass is 35.5. The normalized spacial score (nSPS) is 17.8. The van der Waals surface area contributed by atoms with Crippen molar-refractivity contribution in [3.63, 3.8) is 0 Å². The molecule has 0 unspecified atom stereocenters. The number of carbonyl (C=O) groups is 1. The van der Waals surface area contributed by atoms with Crippen molar-refractivity contribution in [3.8, 4) is 0 Å². The molecule has 1 aromatic rings. The number of halogens is 1. The van der Waals surface area contributed by atoms with Gasteiger partial charge in [-0.15, -0.1) is 0 Å². The molecule has 134 valence electrons. The Labute approximate surface area is 150 Å². The highest BCUT2D eigenvalue weighted by molar-refractivity contribution is 6.31. The van der Waals surface area contributed by atoms with Crippen LogP contribution in [0, 0.1) is 12.8 Å². The molecule has 1 aliphatic heterocycles.